The van der Waals surface area contributed by atoms with E-state index in [1.165, 1.54) is 24.4 Å². The molecule has 1 aromatic carbocycles. The van der Waals surface area contributed by atoms with Gasteiger partial charge in [-0.2, -0.15) is 0 Å². The highest BCUT2D eigenvalue weighted by Crippen LogP contribution is 2.37. The molecule has 0 N–H and O–H groups in total. The molecule has 20 heavy (non-hydrogen) atoms. The van der Waals surface area contributed by atoms with Gasteiger partial charge >= 0.3 is 5.97 Å². The number of rotatable bonds is 3. The van der Waals surface area contributed by atoms with Gasteiger partial charge in [0, 0.05) is 17.6 Å². The standard InChI is InChI=1S/C15H14FNO3/c1-2-20-15(19)12-8-17(10-4-5-10)13-7-9(16)3-6-11(13)14(12)18/h3,6-8,10H,2,4-5H2,1H3. The molecule has 1 aliphatic rings. The number of nitrogens with zero attached hydrogens (tertiary/aromatic N) is 1. The van der Waals surface area contributed by atoms with Gasteiger partial charge in [-0.15, -0.1) is 0 Å². The van der Waals surface area contributed by atoms with Crippen LogP contribution in [0.25, 0.3) is 10.9 Å². The summed E-state index contributed by atoms with van der Waals surface area (Å²) in [5.41, 5.74) is 0.138. The highest BCUT2D eigenvalue weighted by molar-refractivity contribution is 5.93. The van der Waals surface area contributed by atoms with Crippen molar-refractivity contribution < 1.29 is 13.9 Å². The number of esters is 1. The number of hydrogen-bond acceptors (Lipinski definition) is 3. The van der Waals surface area contributed by atoms with Gasteiger partial charge in [0.25, 0.3) is 0 Å². The van der Waals surface area contributed by atoms with Gasteiger partial charge in [0.2, 0.25) is 5.43 Å². The van der Waals surface area contributed by atoms with Crippen LogP contribution in [0.3, 0.4) is 0 Å². The Balaban J connectivity index is 2.28. The Kier molecular flexibility index (Phi) is 3.04. The van der Waals surface area contributed by atoms with E-state index in [0.29, 0.717) is 10.9 Å². The Morgan fingerprint density at radius 3 is 2.85 bits per heavy atom. The van der Waals surface area contributed by atoms with Crippen LogP contribution in [0.15, 0.2) is 29.2 Å². The van der Waals surface area contributed by atoms with Crippen molar-refractivity contribution in [3.05, 3.63) is 46.0 Å². The minimum Gasteiger partial charge on any atom is -0.462 e. The lowest BCUT2D eigenvalue weighted by molar-refractivity contribution is 0.0524. The maximum absolute atomic E-state index is 13.4. The zero-order chi connectivity index (χ0) is 14.3. The summed E-state index contributed by atoms with van der Waals surface area (Å²) >= 11 is 0. The van der Waals surface area contributed by atoms with Crippen LogP contribution in [0.4, 0.5) is 4.39 Å². The van der Waals surface area contributed by atoms with E-state index in [1.54, 1.807) is 6.92 Å². The maximum atomic E-state index is 13.4. The van der Waals surface area contributed by atoms with Gasteiger partial charge in [-0.25, -0.2) is 9.18 Å². The summed E-state index contributed by atoms with van der Waals surface area (Å²) in [7, 11) is 0. The Morgan fingerprint density at radius 1 is 1.45 bits per heavy atom. The Bertz CT molecular complexity index is 747. The first-order valence-electron chi connectivity index (χ1n) is 6.63. The molecule has 2 aromatic rings. The lowest BCUT2D eigenvalue weighted by Crippen LogP contribution is -2.20. The first-order chi connectivity index (χ1) is 9.61. The average Bonchev–Trinajstić information content (AvgIpc) is 3.23. The Labute approximate surface area is 114 Å². The van der Waals surface area contributed by atoms with E-state index in [1.807, 2.05) is 4.57 Å². The molecule has 0 radical (unpaired) electrons. The summed E-state index contributed by atoms with van der Waals surface area (Å²) in [6.07, 6.45) is 3.44. The molecule has 1 aromatic heterocycles. The van der Waals surface area contributed by atoms with Gasteiger partial charge in [-0.05, 0) is 38.0 Å². The quantitative estimate of drug-likeness (QED) is 0.809. The Morgan fingerprint density at radius 2 is 2.20 bits per heavy atom. The second-order valence-corrected chi connectivity index (χ2v) is 4.89. The summed E-state index contributed by atoms with van der Waals surface area (Å²) < 4.78 is 20.1. The van der Waals surface area contributed by atoms with Crippen LogP contribution in [-0.2, 0) is 4.74 Å². The predicted octanol–water partition coefficient (Wildman–Crippen LogP) is 2.65. The minimum absolute atomic E-state index is 0.0119. The van der Waals surface area contributed by atoms with E-state index < -0.39 is 17.2 Å². The van der Waals surface area contributed by atoms with Crippen molar-refractivity contribution in [1.29, 1.82) is 0 Å². The molecule has 1 heterocycles. The average molecular weight is 275 g/mol. The number of carbonyl (C=O) groups is 1. The molecule has 1 fully saturated rings. The molecular weight excluding hydrogens is 261 g/mol. The number of pyridine rings is 1. The van der Waals surface area contributed by atoms with Gasteiger partial charge in [0.15, 0.2) is 0 Å². The molecule has 1 aliphatic carbocycles. The van der Waals surface area contributed by atoms with Crippen LogP contribution in [0, 0.1) is 5.82 Å². The van der Waals surface area contributed by atoms with Crippen molar-refractivity contribution in [2.24, 2.45) is 0 Å². The smallest absolute Gasteiger partial charge is 0.343 e. The lowest BCUT2D eigenvalue weighted by Gasteiger charge is -2.12. The second kappa shape index (κ2) is 4.74. The van der Waals surface area contributed by atoms with Crippen molar-refractivity contribution in [2.75, 3.05) is 6.61 Å². The van der Waals surface area contributed by atoms with Gasteiger partial charge < -0.3 is 9.30 Å². The highest BCUT2D eigenvalue weighted by Gasteiger charge is 2.27. The van der Waals surface area contributed by atoms with Crippen molar-refractivity contribution in [1.82, 2.24) is 4.57 Å². The highest BCUT2D eigenvalue weighted by atomic mass is 19.1. The number of benzene rings is 1. The molecule has 0 bridgehead atoms. The SMILES string of the molecule is CCOC(=O)c1cn(C2CC2)c2cc(F)ccc2c1=O. The molecule has 3 rings (SSSR count). The van der Waals surface area contributed by atoms with Crippen LogP contribution >= 0.6 is 0 Å². The summed E-state index contributed by atoms with van der Waals surface area (Å²) in [5.74, 6) is -1.02. The molecule has 0 aliphatic heterocycles. The summed E-state index contributed by atoms with van der Waals surface area (Å²) in [6.45, 7) is 1.90. The van der Waals surface area contributed by atoms with Crippen LogP contribution in [-0.4, -0.2) is 17.1 Å². The van der Waals surface area contributed by atoms with Gasteiger partial charge in [0.05, 0.1) is 12.1 Å². The van der Waals surface area contributed by atoms with Crippen molar-refractivity contribution >= 4 is 16.9 Å². The fourth-order valence-corrected chi connectivity index (χ4v) is 2.33. The second-order valence-electron chi connectivity index (χ2n) is 4.89. The summed E-state index contributed by atoms with van der Waals surface area (Å²) in [5, 5.41) is 0.351. The minimum atomic E-state index is -0.627. The van der Waals surface area contributed by atoms with E-state index >= 15 is 0 Å². The number of carbonyl (C=O) groups excluding carboxylic acids is 1. The lowest BCUT2D eigenvalue weighted by atomic mass is 10.1. The number of hydrogen-bond donors (Lipinski definition) is 0. The van der Waals surface area contributed by atoms with Crippen LogP contribution < -0.4 is 5.43 Å². The third-order valence-electron chi connectivity index (χ3n) is 3.43. The first-order valence-corrected chi connectivity index (χ1v) is 6.63. The molecule has 4 nitrogen and oxygen atoms in total. The van der Waals surface area contributed by atoms with E-state index in [0.717, 1.165) is 12.8 Å². The van der Waals surface area contributed by atoms with Crippen molar-refractivity contribution in [3.63, 3.8) is 0 Å². The normalized spacial score (nSPS) is 14.5. The molecule has 0 atom stereocenters. The van der Waals surface area contributed by atoms with Gasteiger partial charge in [0.1, 0.15) is 11.4 Å². The first kappa shape index (κ1) is 12.8. The number of halogens is 1. The molecule has 5 heteroatoms. The van der Waals surface area contributed by atoms with E-state index in [9.17, 15) is 14.0 Å². The summed E-state index contributed by atoms with van der Waals surface area (Å²) in [6, 6.07) is 4.22. The number of ether oxygens (including phenoxy) is 1. The monoisotopic (exact) mass is 275 g/mol. The molecule has 1 saturated carbocycles. The van der Waals surface area contributed by atoms with Crippen molar-refractivity contribution in [3.8, 4) is 0 Å². The largest absolute Gasteiger partial charge is 0.462 e. The Hall–Kier alpha value is -2.17. The third kappa shape index (κ3) is 2.09. The van der Waals surface area contributed by atoms with Gasteiger partial charge in [-0.3, -0.25) is 4.79 Å². The predicted molar refractivity (Wildman–Crippen MR) is 72.4 cm³/mol. The van der Waals surface area contributed by atoms with Crippen LogP contribution in [0.5, 0.6) is 0 Å². The topological polar surface area (TPSA) is 48.3 Å². The zero-order valence-corrected chi connectivity index (χ0v) is 11.1. The third-order valence-corrected chi connectivity index (χ3v) is 3.43. The fourth-order valence-electron chi connectivity index (χ4n) is 2.33. The molecule has 104 valence electrons. The fraction of sp³-hybridized carbons (Fsp3) is 0.333. The van der Waals surface area contributed by atoms with Gasteiger partial charge in [-0.1, -0.05) is 0 Å². The molecule has 0 spiro atoms. The van der Waals surface area contributed by atoms with Crippen LogP contribution in [0.1, 0.15) is 36.2 Å². The molecule has 0 unspecified atom stereocenters. The molecule has 0 amide bonds. The van der Waals surface area contributed by atoms with Crippen LogP contribution in [0.2, 0.25) is 0 Å². The van der Waals surface area contributed by atoms with Crippen molar-refractivity contribution in [2.45, 2.75) is 25.8 Å². The molecule has 0 saturated heterocycles. The van der Waals surface area contributed by atoms with E-state index in [2.05, 4.69) is 0 Å². The van der Waals surface area contributed by atoms with E-state index in [4.69, 9.17) is 4.74 Å². The maximum Gasteiger partial charge on any atom is 0.343 e. The number of fused-ring (bicyclic) bond motifs is 1. The number of aromatic nitrogens is 1. The summed E-state index contributed by atoms with van der Waals surface area (Å²) in [4.78, 5) is 24.2. The van der Waals surface area contributed by atoms with E-state index in [-0.39, 0.29) is 18.2 Å². The zero-order valence-electron chi connectivity index (χ0n) is 11.1. The molecular formula is C15H14FNO3.